The van der Waals surface area contributed by atoms with Gasteiger partial charge < -0.3 is 19.3 Å². The summed E-state index contributed by atoms with van der Waals surface area (Å²) in [7, 11) is 0. The van der Waals surface area contributed by atoms with Crippen molar-refractivity contribution < 1.29 is 28.7 Å². The van der Waals surface area contributed by atoms with Gasteiger partial charge in [-0.05, 0) is 49.9 Å². The van der Waals surface area contributed by atoms with Crippen molar-refractivity contribution >= 4 is 35.4 Å². The lowest BCUT2D eigenvalue weighted by Gasteiger charge is -2.45. The van der Waals surface area contributed by atoms with Gasteiger partial charge in [-0.25, -0.2) is 9.59 Å². The molecule has 0 N–H and O–H groups in total. The number of ether oxygens (including phenoxy) is 2. The molecule has 7 rings (SSSR count). The molecule has 0 aliphatic carbocycles. The minimum atomic E-state index is -0.731. The number of carbonyl (C=O) groups excluding carboxylic acids is 4. The lowest BCUT2D eigenvalue weighted by molar-refractivity contribution is -0.160. The molecule has 3 fully saturated rings. The summed E-state index contributed by atoms with van der Waals surface area (Å²) in [5, 5.41) is 0. The van der Waals surface area contributed by atoms with Crippen LogP contribution < -0.4 is 9.80 Å². The molecule has 2 aromatic rings. The lowest BCUT2D eigenvalue weighted by atomic mass is 9.95. The standard InChI is InChI=1S/C28H28N4O6/c1-3-37-27(35)31-19-11-7-5-9-15(19)17-13-21-26(34)30-22(25(33)29(21)23(17)31)14-18-16-10-6-8-12-20(16)32(24(18)30)28(36)38-4-2/h5-12,17-18,21-24H,3-4,13-14H2,1-2H3/t17-,18-,21+,22+,23+,24+/m1/s1. The number of hydrogen-bond donors (Lipinski definition) is 0. The Balaban J connectivity index is 1.29. The predicted molar refractivity (Wildman–Crippen MR) is 135 cm³/mol. The van der Waals surface area contributed by atoms with E-state index in [0.29, 0.717) is 24.2 Å². The Hall–Kier alpha value is -4.08. The molecule has 0 radical (unpaired) electrons. The van der Waals surface area contributed by atoms with Gasteiger partial charge in [0, 0.05) is 11.8 Å². The van der Waals surface area contributed by atoms with E-state index in [1.165, 1.54) is 0 Å². The van der Waals surface area contributed by atoms with Crippen LogP contribution in [0.2, 0.25) is 0 Å². The first-order chi connectivity index (χ1) is 18.5. The van der Waals surface area contributed by atoms with E-state index in [-0.39, 0.29) is 36.9 Å². The van der Waals surface area contributed by atoms with Crippen molar-refractivity contribution in [3.8, 4) is 0 Å². The first-order valence-corrected chi connectivity index (χ1v) is 13.2. The molecule has 38 heavy (non-hydrogen) atoms. The summed E-state index contributed by atoms with van der Waals surface area (Å²) < 4.78 is 10.8. The van der Waals surface area contributed by atoms with Crippen LogP contribution in [0.25, 0.3) is 0 Å². The Kier molecular flexibility index (Phi) is 4.98. The highest BCUT2D eigenvalue weighted by atomic mass is 16.6. The first kappa shape index (κ1) is 23.1. The number of nitrogens with zero attached hydrogens (tertiary/aromatic N) is 4. The molecule has 10 heteroatoms. The predicted octanol–water partition coefficient (Wildman–Crippen LogP) is 3.37. The summed E-state index contributed by atoms with van der Waals surface area (Å²) in [6, 6.07) is 13.7. The maximum absolute atomic E-state index is 14.2. The molecular formula is C28H28N4O6. The zero-order chi connectivity index (χ0) is 26.3. The largest absolute Gasteiger partial charge is 0.449 e. The van der Waals surface area contributed by atoms with Gasteiger partial charge in [0.05, 0.1) is 24.6 Å². The summed E-state index contributed by atoms with van der Waals surface area (Å²) in [4.78, 5) is 61.0. The number of para-hydroxylation sites is 2. The number of carbonyl (C=O) groups is 4. The van der Waals surface area contributed by atoms with Gasteiger partial charge in [0.2, 0.25) is 11.8 Å². The summed E-state index contributed by atoms with van der Waals surface area (Å²) in [5.41, 5.74) is 3.29. The average molecular weight is 517 g/mol. The van der Waals surface area contributed by atoms with Crippen molar-refractivity contribution in [3.05, 3.63) is 59.7 Å². The van der Waals surface area contributed by atoms with Crippen molar-refractivity contribution in [2.24, 2.45) is 0 Å². The van der Waals surface area contributed by atoms with E-state index in [1.54, 1.807) is 33.4 Å². The van der Waals surface area contributed by atoms with Crippen LogP contribution in [0.15, 0.2) is 48.5 Å². The molecule has 196 valence electrons. The lowest BCUT2D eigenvalue weighted by Crippen LogP contribution is -2.67. The maximum atomic E-state index is 14.2. The van der Waals surface area contributed by atoms with Crippen LogP contribution in [0.5, 0.6) is 0 Å². The van der Waals surface area contributed by atoms with Gasteiger partial charge >= 0.3 is 12.2 Å². The van der Waals surface area contributed by atoms with Crippen molar-refractivity contribution in [1.82, 2.24) is 9.80 Å². The number of anilines is 2. The van der Waals surface area contributed by atoms with Crippen molar-refractivity contribution in [3.63, 3.8) is 0 Å². The summed E-state index contributed by atoms with van der Waals surface area (Å²) >= 11 is 0. The van der Waals surface area contributed by atoms with Crippen LogP contribution in [0.1, 0.15) is 49.7 Å². The Labute approximate surface area is 219 Å². The van der Waals surface area contributed by atoms with Crippen LogP contribution in [0, 0.1) is 0 Å². The quantitative estimate of drug-likeness (QED) is 0.607. The van der Waals surface area contributed by atoms with Gasteiger partial charge in [0.25, 0.3) is 0 Å². The normalized spacial score (nSPS) is 29.9. The number of amides is 4. The number of benzene rings is 2. The number of piperazine rings is 1. The number of fused-ring (bicyclic) bond motifs is 10. The molecule has 4 amide bonds. The molecule has 10 nitrogen and oxygen atoms in total. The molecule has 3 saturated heterocycles. The van der Waals surface area contributed by atoms with Crippen molar-refractivity contribution in [1.29, 1.82) is 0 Å². The second-order valence-electron chi connectivity index (χ2n) is 10.3. The third-order valence-electron chi connectivity index (χ3n) is 8.64. The van der Waals surface area contributed by atoms with Gasteiger partial charge in [-0.3, -0.25) is 19.4 Å². The van der Waals surface area contributed by atoms with E-state index < -0.39 is 36.6 Å². The van der Waals surface area contributed by atoms with E-state index >= 15 is 0 Å². The molecule has 0 aromatic heterocycles. The van der Waals surface area contributed by atoms with E-state index in [0.717, 1.165) is 11.1 Å². The second-order valence-corrected chi connectivity index (χ2v) is 10.3. The van der Waals surface area contributed by atoms with E-state index in [9.17, 15) is 19.2 Å². The Bertz CT molecular complexity index is 1280. The second kappa shape index (κ2) is 8.21. The highest BCUT2D eigenvalue weighted by Gasteiger charge is 2.66. The van der Waals surface area contributed by atoms with E-state index in [2.05, 4.69) is 0 Å². The van der Waals surface area contributed by atoms with Gasteiger partial charge in [-0.1, -0.05) is 36.4 Å². The van der Waals surface area contributed by atoms with Crippen LogP contribution in [0.4, 0.5) is 21.0 Å². The molecule has 5 aliphatic rings. The molecule has 6 atom stereocenters. The minimum Gasteiger partial charge on any atom is -0.449 e. The van der Waals surface area contributed by atoms with Gasteiger partial charge in [-0.2, -0.15) is 0 Å². The fourth-order valence-electron chi connectivity index (χ4n) is 7.37. The third-order valence-corrected chi connectivity index (χ3v) is 8.64. The van der Waals surface area contributed by atoms with Gasteiger partial charge in [0.1, 0.15) is 24.4 Å². The van der Waals surface area contributed by atoms with Gasteiger partial charge in [0.15, 0.2) is 0 Å². The highest BCUT2D eigenvalue weighted by Crippen LogP contribution is 2.56. The van der Waals surface area contributed by atoms with Crippen molar-refractivity contribution in [2.45, 2.75) is 62.9 Å². The molecule has 0 unspecified atom stereocenters. The Morgan fingerprint density at radius 3 is 1.50 bits per heavy atom. The van der Waals surface area contributed by atoms with Crippen LogP contribution in [-0.2, 0) is 19.1 Å². The highest BCUT2D eigenvalue weighted by molar-refractivity contribution is 6.03. The molecule has 5 heterocycles. The summed E-state index contributed by atoms with van der Waals surface area (Å²) in [5.74, 6) is -0.794. The van der Waals surface area contributed by atoms with Crippen molar-refractivity contribution in [2.75, 3.05) is 23.0 Å². The van der Waals surface area contributed by atoms with E-state index in [4.69, 9.17) is 9.47 Å². The fraction of sp³-hybridized carbons (Fsp3) is 0.429. The molecule has 0 spiro atoms. The number of rotatable bonds is 2. The molecular weight excluding hydrogens is 488 g/mol. The zero-order valence-electron chi connectivity index (χ0n) is 21.1. The summed E-state index contributed by atoms with van der Waals surface area (Å²) in [6.07, 6.45) is -1.50. The molecule has 2 aromatic carbocycles. The van der Waals surface area contributed by atoms with Gasteiger partial charge in [-0.15, -0.1) is 0 Å². The monoisotopic (exact) mass is 516 g/mol. The number of hydrogen-bond acceptors (Lipinski definition) is 6. The zero-order valence-corrected chi connectivity index (χ0v) is 21.1. The first-order valence-electron chi connectivity index (χ1n) is 13.2. The Morgan fingerprint density at radius 1 is 0.711 bits per heavy atom. The maximum Gasteiger partial charge on any atom is 0.416 e. The molecule has 5 aliphatic heterocycles. The molecule has 0 saturated carbocycles. The SMILES string of the molecule is CCOC(=O)N1c2ccccc2[C@H]2C[C@H]3C(=O)N4[C@@H]5[C@H](C[C@H]4C(=O)N3[C@H]21)c1ccccc1N5C(=O)OCC. The third kappa shape index (κ3) is 2.83. The topological polar surface area (TPSA) is 99.7 Å². The minimum absolute atomic E-state index is 0.195. The molecule has 0 bridgehead atoms. The Morgan fingerprint density at radius 2 is 1.11 bits per heavy atom. The fourth-order valence-corrected chi connectivity index (χ4v) is 7.37. The smallest absolute Gasteiger partial charge is 0.416 e. The van der Waals surface area contributed by atoms with Crippen LogP contribution in [0.3, 0.4) is 0 Å². The van der Waals surface area contributed by atoms with E-state index in [1.807, 2.05) is 48.5 Å². The average Bonchev–Trinajstić information content (AvgIpc) is 3.64. The van der Waals surface area contributed by atoms with Crippen LogP contribution >= 0.6 is 0 Å². The van der Waals surface area contributed by atoms with Crippen LogP contribution in [-0.4, -0.2) is 71.4 Å². The summed E-state index contributed by atoms with van der Waals surface area (Å²) in [6.45, 7) is 3.89.